The fourth-order valence-electron chi connectivity index (χ4n) is 3.85. The van der Waals surface area contributed by atoms with Crippen LogP contribution in [0.25, 0.3) is 0 Å². The Morgan fingerprint density at radius 2 is 0.889 bits per heavy atom. The molecule has 0 spiro atoms. The third-order valence-electron chi connectivity index (χ3n) is 6.43. The van der Waals surface area contributed by atoms with E-state index in [2.05, 4.69) is 27.7 Å². The van der Waals surface area contributed by atoms with Gasteiger partial charge in [0.05, 0.1) is 31.6 Å². The van der Waals surface area contributed by atoms with Gasteiger partial charge in [-0.1, -0.05) is 74.1 Å². The second-order valence-corrected chi connectivity index (χ2v) is 8.30. The highest BCUT2D eigenvalue weighted by Gasteiger charge is 2.32. The summed E-state index contributed by atoms with van der Waals surface area (Å²) in [7, 11) is 0. The number of carboxylic acid groups (broad SMARTS) is 1. The van der Waals surface area contributed by atoms with Crippen LogP contribution in [0.15, 0.2) is 0 Å². The van der Waals surface area contributed by atoms with Gasteiger partial charge in [0.25, 0.3) is 0 Å². The molecule has 0 heterocycles. The minimum Gasteiger partial charge on any atom is -0.481 e. The number of carboxylic acids is 1. The molecule has 0 unspecified atom stereocenters. The highest BCUT2D eigenvalue weighted by atomic mass is 16.4. The van der Waals surface area contributed by atoms with E-state index < -0.39 is 11.4 Å². The van der Waals surface area contributed by atoms with Crippen LogP contribution in [-0.4, -0.2) is 41.7 Å². The first kappa shape index (κ1) is 28.6. The summed E-state index contributed by atoms with van der Waals surface area (Å²) in [5, 5.41) is 8.82. The summed E-state index contributed by atoms with van der Waals surface area (Å²) >= 11 is 0. The van der Waals surface area contributed by atoms with Crippen LogP contribution in [0.5, 0.6) is 0 Å². The van der Waals surface area contributed by atoms with E-state index in [1.165, 1.54) is 82.0 Å². The molecule has 0 rings (SSSR count). The molecule has 0 aliphatic carbocycles. The standard InChI is InChI=1S/C16H36N.C8H16O2/c1-5-9-13-17(14-10-6-2,15-11-7-3)16-12-8-4;1-4-8(5-2,6-3)7(9)10/h5-16H2,1-4H3;4-6H2,1-3H3,(H,9,10)/q+1;. The minimum atomic E-state index is -0.653. The highest BCUT2D eigenvalue weighted by molar-refractivity contribution is 5.74. The van der Waals surface area contributed by atoms with Crippen molar-refractivity contribution in [1.82, 2.24) is 0 Å². The van der Waals surface area contributed by atoms with Crippen molar-refractivity contribution >= 4 is 5.97 Å². The summed E-state index contributed by atoms with van der Waals surface area (Å²) in [4.78, 5) is 10.7. The number of carbonyl (C=O) groups is 1. The number of hydrogen-bond acceptors (Lipinski definition) is 1. The molecule has 0 aromatic carbocycles. The first-order valence-corrected chi connectivity index (χ1v) is 12.0. The van der Waals surface area contributed by atoms with Crippen molar-refractivity contribution in [2.24, 2.45) is 5.41 Å². The largest absolute Gasteiger partial charge is 0.481 e. The fourth-order valence-corrected chi connectivity index (χ4v) is 3.85. The van der Waals surface area contributed by atoms with Gasteiger partial charge in [-0.15, -0.1) is 0 Å². The van der Waals surface area contributed by atoms with E-state index in [0.29, 0.717) is 0 Å². The molecule has 0 fully saturated rings. The molecule has 0 aromatic heterocycles. The first-order valence-electron chi connectivity index (χ1n) is 12.0. The van der Waals surface area contributed by atoms with Crippen LogP contribution in [0, 0.1) is 5.41 Å². The first-order chi connectivity index (χ1) is 12.9. The number of nitrogens with zero attached hydrogens (tertiary/aromatic N) is 1. The van der Waals surface area contributed by atoms with Gasteiger partial charge in [-0.05, 0) is 44.9 Å². The van der Waals surface area contributed by atoms with Crippen LogP contribution in [-0.2, 0) is 4.79 Å². The lowest BCUT2D eigenvalue weighted by Gasteiger charge is -2.39. The van der Waals surface area contributed by atoms with E-state index in [0.717, 1.165) is 19.3 Å². The molecule has 0 aromatic rings. The van der Waals surface area contributed by atoms with Gasteiger partial charge < -0.3 is 9.59 Å². The summed E-state index contributed by atoms with van der Waals surface area (Å²) in [5.41, 5.74) is -0.458. The Labute approximate surface area is 171 Å². The number of rotatable bonds is 16. The average molecular weight is 387 g/mol. The fraction of sp³-hybridized carbons (Fsp3) is 0.958. The number of hydrogen-bond donors (Lipinski definition) is 1. The Bertz CT molecular complexity index is 291. The molecule has 1 N–H and O–H groups in total. The maximum absolute atomic E-state index is 10.7. The number of quaternary nitrogens is 1. The normalized spacial score (nSPS) is 11.8. The Morgan fingerprint density at radius 3 is 1.00 bits per heavy atom. The van der Waals surface area contributed by atoms with Gasteiger partial charge in [0, 0.05) is 0 Å². The molecule has 164 valence electrons. The van der Waals surface area contributed by atoms with Crippen molar-refractivity contribution in [3.63, 3.8) is 0 Å². The number of aliphatic carboxylic acids is 1. The second-order valence-electron chi connectivity index (χ2n) is 8.30. The predicted molar refractivity (Wildman–Crippen MR) is 120 cm³/mol. The van der Waals surface area contributed by atoms with Gasteiger partial charge in [0.2, 0.25) is 0 Å². The lowest BCUT2D eigenvalue weighted by Crippen LogP contribution is -2.50. The van der Waals surface area contributed by atoms with Gasteiger partial charge in [-0.25, -0.2) is 0 Å². The van der Waals surface area contributed by atoms with E-state index in [-0.39, 0.29) is 0 Å². The quantitative estimate of drug-likeness (QED) is 0.283. The molecule has 0 amide bonds. The predicted octanol–water partition coefficient (Wildman–Crippen LogP) is 7.29. The summed E-state index contributed by atoms with van der Waals surface area (Å²) in [6.45, 7) is 20.8. The highest BCUT2D eigenvalue weighted by Crippen LogP contribution is 2.30. The van der Waals surface area contributed by atoms with Crippen LogP contribution in [0.4, 0.5) is 0 Å². The molecule has 0 aliphatic rings. The maximum atomic E-state index is 10.7. The molecule has 0 atom stereocenters. The van der Waals surface area contributed by atoms with Crippen LogP contribution >= 0.6 is 0 Å². The Kier molecular flexibility index (Phi) is 18.6. The lowest BCUT2D eigenvalue weighted by atomic mass is 9.80. The van der Waals surface area contributed by atoms with Crippen LogP contribution < -0.4 is 0 Å². The molecule has 0 aliphatic heterocycles. The Balaban J connectivity index is 0. The molecule has 0 bridgehead atoms. The number of unbranched alkanes of at least 4 members (excludes halogenated alkanes) is 4. The minimum absolute atomic E-state index is 0.458. The van der Waals surface area contributed by atoms with E-state index in [9.17, 15) is 4.79 Å². The van der Waals surface area contributed by atoms with Crippen molar-refractivity contribution < 1.29 is 14.4 Å². The zero-order valence-corrected chi connectivity index (χ0v) is 19.9. The Morgan fingerprint density at radius 1 is 0.630 bits per heavy atom. The van der Waals surface area contributed by atoms with E-state index in [1.54, 1.807) is 0 Å². The molecular weight excluding hydrogens is 334 g/mol. The third-order valence-corrected chi connectivity index (χ3v) is 6.43. The third kappa shape index (κ3) is 11.8. The van der Waals surface area contributed by atoms with E-state index in [1.807, 2.05) is 20.8 Å². The van der Waals surface area contributed by atoms with E-state index in [4.69, 9.17) is 5.11 Å². The summed E-state index contributed by atoms with van der Waals surface area (Å²) in [5.74, 6) is -0.653. The van der Waals surface area contributed by atoms with Crippen molar-refractivity contribution in [2.45, 2.75) is 119 Å². The summed E-state index contributed by atoms with van der Waals surface area (Å²) in [6, 6.07) is 0. The molecular formula is C24H52NO2+. The molecule has 0 saturated carbocycles. The van der Waals surface area contributed by atoms with Crippen LogP contribution in [0.2, 0.25) is 0 Å². The van der Waals surface area contributed by atoms with Crippen LogP contribution in [0.3, 0.4) is 0 Å². The van der Waals surface area contributed by atoms with Crippen molar-refractivity contribution in [2.75, 3.05) is 26.2 Å². The second kappa shape index (κ2) is 17.5. The van der Waals surface area contributed by atoms with Gasteiger partial charge in [-0.3, -0.25) is 4.79 Å². The monoisotopic (exact) mass is 386 g/mol. The lowest BCUT2D eigenvalue weighted by molar-refractivity contribution is -0.929. The van der Waals surface area contributed by atoms with Gasteiger partial charge in [-0.2, -0.15) is 0 Å². The van der Waals surface area contributed by atoms with E-state index >= 15 is 0 Å². The Hall–Kier alpha value is -0.570. The zero-order valence-electron chi connectivity index (χ0n) is 19.9. The SMILES string of the molecule is CCC(CC)(CC)C(=O)O.CCCC[N+](CCCC)(CCCC)CCCC. The van der Waals surface area contributed by atoms with Gasteiger partial charge in [0.1, 0.15) is 0 Å². The molecule has 3 nitrogen and oxygen atoms in total. The molecule has 0 radical (unpaired) electrons. The smallest absolute Gasteiger partial charge is 0.309 e. The van der Waals surface area contributed by atoms with Gasteiger partial charge >= 0.3 is 5.97 Å². The average Bonchev–Trinajstić information content (AvgIpc) is 2.69. The zero-order chi connectivity index (χ0) is 21.2. The van der Waals surface area contributed by atoms with Crippen molar-refractivity contribution in [1.29, 1.82) is 0 Å². The molecule has 27 heavy (non-hydrogen) atoms. The maximum Gasteiger partial charge on any atom is 0.309 e. The van der Waals surface area contributed by atoms with Gasteiger partial charge in [0.15, 0.2) is 0 Å². The van der Waals surface area contributed by atoms with Crippen LogP contribution in [0.1, 0.15) is 119 Å². The summed E-state index contributed by atoms with van der Waals surface area (Å²) in [6.07, 6.45) is 13.3. The summed E-state index contributed by atoms with van der Waals surface area (Å²) < 4.78 is 1.42. The topological polar surface area (TPSA) is 37.3 Å². The van der Waals surface area contributed by atoms with Crippen molar-refractivity contribution in [3.05, 3.63) is 0 Å². The molecule has 0 saturated heterocycles. The van der Waals surface area contributed by atoms with Crippen molar-refractivity contribution in [3.8, 4) is 0 Å². The molecule has 3 heteroatoms.